The highest BCUT2D eigenvalue weighted by atomic mass is 16.5. The zero-order valence-corrected chi connectivity index (χ0v) is 10.4. The topological polar surface area (TPSA) is 39.1 Å². The number of hydrogen-bond acceptors (Lipinski definition) is 3. The van der Waals surface area contributed by atoms with Crippen LogP contribution < -0.4 is 5.32 Å². The fourth-order valence-electron chi connectivity index (χ4n) is 2.08. The molecule has 2 aromatic rings. The quantitative estimate of drug-likeness (QED) is 0.773. The van der Waals surface area contributed by atoms with E-state index in [1.165, 1.54) is 10.9 Å². The van der Waals surface area contributed by atoms with Crippen molar-refractivity contribution < 1.29 is 4.74 Å². The van der Waals surface area contributed by atoms with Gasteiger partial charge in [0.05, 0.1) is 0 Å². The molecule has 0 aliphatic heterocycles. The lowest BCUT2D eigenvalue weighted by atomic mass is 10.2. The standard InChI is InChI=1S/C13H19N3O/c1-14-9-11-10-16(7-4-8-17-2)13-12(11)5-3-6-15-13/h3,5-6,10,14H,4,7-9H2,1-2H3. The number of nitrogens with one attached hydrogen (secondary N) is 1. The van der Waals surface area contributed by atoms with Gasteiger partial charge in [0.2, 0.25) is 0 Å². The van der Waals surface area contributed by atoms with Crippen molar-refractivity contribution in [2.45, 2.75) is 19.5 Å². The fraction of sp³-hybridized carbons (Fsp3) is 0.462. The molecule has 92 valence electrons. The Labute approximate surface area is 102 Å². The maximum Gasteiger partial charge on any atom is 0.140 e. The molecule has 1 N–H and O–H groups in total. The molecule has 0 aliphatic rings. The van der Waals surface area contributed by atoms with Crippen molar-refractivity contribution in [1.82, 2.24) is 14.9 Å². The molecule has 0 spiro atoms. The third-order valence-electron chi connectivity index (χ3n) is 2.83. The number of fused-ring (bicyclic) bond motifs is 1. The summed E-state index contributed by atoms with van der Waals surface area (Å²) in [6.07, 6.45) is 5.04. The van der Waals surface area contributed by atoms with E-state index in [1.807, 2.05) is 19.3 Å². The van der Waals surface area contributed by atoms with E-state index in [-0.39, 0.29) is 0 Å². The number of nitrogens with zero attached hydrogens (tertiary/aromatic N) is 2. The Morgan fingerprint density at radius 1 is 1.47 bits per heavy atom. The van der Waals surface area contributed by atoms with E-state index in [1.54, 1.807) is 7.11 Å². The SMILES string of the molecule is CNCc1cn(CCCOC)c2ncccc12. The van der Waals surface area contributed by atoms with Gasteiger partial charge in [-0.15, -0.1) is 0 Å². The van der Waals surface area contributed by atoms with Crippen molar-refractivity contribution in [3.05, 3.63) is 30.1 Å². The van der Waals surface area contributed by atoms with Crippen LogP contribution in [0.4, 0.5) is 0 Å². The highest BCUT2D eigenvalue weighted by molar-refractivity contribution is 5.80. The number of rotatable bonds is 6. The molecule has 17 heavy (non-hydrogen) atoms. The summed E-state index contributed by atoms with van der Waals surface area (Å²) in [5.41, 5.74) is 2.36. The molecule has 0 aromatic carbocycles. The molecule has 0 bridgehead atoms. The zero-order valence-electron chi connectivity index (χ0n) is 10.4. The largest absolute Gasteiger partial charge is 0.385 e. The summed E-state index contributed by atoms with van der Waals surface area (Å²) in [4.78, 5) is 4.46. The molecule has 0 saturated carbocycles. The van der Waals surface area contributed by atoms with Gasteiger partial charge in [0.1, 0.15) is 5.65 Å². The van der Waals surface area contributed by atoms with Crippen LogP contribution in [0.2, 0.25) is 0 Å². The summed E-state index contributed by atoms with van der Waals surface area (Å²) in [7, 11) is 3.70. The molecule has 2 aromatic heterocycles. The Morgan fingerprint density at radius 3 is 3.12 bits per heavy atom. The lowest BCUT2D eigenvalue weighted by molar-refractivity contribution is 0.190. The first-order valence-electron chi connectivity index (χ1n) is 5.93. The van der Waals surface area contributed by atoms with Gasteiger partial charge in [-0.25, -0.2) is 4.98 Å². The Bertz CT molecular complexity index is 478. The lowest BCUT2D eigenvalue weighted by Crippen LogP contribution is -2.04. The summed E-state index contributed by atoms with van der Waals surface area (Å²) >= 11 is 0. The van der Waals surface area contributed by atoms with E-state index in [9.17, 15) is 0 Å². The monoisotopic (exact) mass is 233 g/mol. The average Bonchev–Trinajstić information content (AvgIpc) is 2.70. The summed E-state index contributed by atoms with van der Waals surface area (Å²) in [5.74, 6) is 0. The molecule has 0 unspecified atom stereocenters. The minimum absolute atomic E-state index is 0.786. The van der Waals surface area contributed by atoms with E-state index in [0.29, 0.717) is 0 Å². The number of pyridine rings is 1. The van der Waals surface area contributed by atoms with Gasteiger partial charge < -0.3 is 14.6 Å². The highest BCUT2D eigenvalue weighted by Crippen LogP contribution is 2.19. The third kappa shape index (κ3) is 2.65. The van der Waals surface area contributed by atoms with E-state index in [4.69, 9.17) is 4.74 Å². The van der Waals surface area contributed by atoms with Crippen LogP contribution in [0.3, 0.4) is 0 Å². The van der Waals surface area contributed by atoms with Crippen LogP contribution >= 0.6 is 0 Å². The Kier molecular flexibility index (Phi) is 4.12. The summed E-state index contributed by atoms with van der Waals surface area (Å²) in [6, 6.07) is 4.11. The minimum atomic E-state index is 0.786. The van der Waals surface area contributed by atoms with Crippen molar-refractivity contribution in [1.29, 1.82) is 0 Å². The van der Waals surface area contributed by atoms with Gasteiger partial charge in [0.15, 0.2) is 0 Å². The van der Waals surface area contributed by atoms with Crippen molar-refractivity contribution in [2.24, 2.45) is 0 Å². The zero-order chi connectivity index (χ0) is 12.1. The first-order chi connectivity index (χ1) is 8.36. The molecule has 0 radical (unpaired) electrons. The maximum atomic E-state index is 5.08. The number of ether oxygens (including phenoxy) is 1. The maximum absolute atomic E-state index is 5.08. The number of methoxy groups -OCH3 is 1. The molecular formula is C13H19N3O. The van der Waals surface area contributed by atoms with E-state index >= 15 is 0 Å². The molecule has 2 heterocycles. The van der Waals surface area contributed by atoms with Gasteiger partial charge in [-0.2, -0.15) is 0 Å². The fourth-order valence-corrected chi connectivity index (χ4v) is 2.08. The second kappa shape index (κ2) is 5.80. The molecular weight excluding hydrogens is 214 g/mol. The normalized spacial score (nSPS) is 11.2. The minimum Gasteiger partial charge on any atom is -0.385 e. The number of aryl methyl sites for hydroxylation is 1. The Morgan fingerprint density at radius 2 is 2.35 bits per heavy atom. The predicted octanol–water partition coefficient (Wildman–Crippen LogP) is 1.79. The van der Waals surface area contributed by atoms with Crippen LogP contribution in [0.25, 0.3) is 11.0 Å². The summed E-state index contributed by atoms with van der Waals surface area (Å²) in [6.45, 7) is 2.61. The van der Waals surface area contributed by atoms with E-state index in [0.717, 1.165) is 31.8 Å². The second-order valence-corrected chi connectivity index (χ2v) is 4.10. The van der Waals surface area contributed by atoms with Gasteiger partial charge in [0.25, 0.3) is 0 Å². The number of hydrogen-bond donors (Lipinski definition) is 1. The first-order valence-corrected chi connectivity index (χ1v) is 5.93. The predicted molar refractivity (Wildman–Crippen MR) is 69.0 cm³/mol. The van der Waals surface area contributed by atoms with Crippen LogP contribution in [0.15, 0.2) is 24.5 Å². The molecule has 0 aliphatic carbocycles. The van der Waals surface area contributed by atoms with Gasteiger partial charge in [-0.1, -0.05) is 0 Å². The summed E-state index contributed by atoms with van der Waals surface area (Å²) in [5, 5.41) is 4.43. The molecule has 2 rings (SSSR count). The molecule has 0 fully saturated rings. The highest BCUT2D eigenvalue weighted by Gasteiger charge is 2.07. The molecule has 0 atom stereocenters. The van der Waals surface area contributed by atoms with Gasteiger partial charge in [-0.05, 0) is 31.2 Å². The van der Waals surface area contributed by atoms with Crippen molar-refractivity contribution in [3.8, 4) is 0 Å². The van der Waals surface area contributed by atoms with E-state index < -0.39 is 0 Å². The third-order valence-corrected chi connectivity index (χ3v) is 2.83. The van der Waals surface area contributed by atoms with E-state index in [2.05, 4.69) is 27.1 Å². The smallest absolute Gasteiger partial charge is 0.140 e. The lowest BCUT2D eigenvalue weighted by Gasteiger charge is -2.03. The van der Waals surface area contributed by atoms with Crippen LogP contribution in [0, 0.1) is 0 Å². The molecule has 4 heteroatoms. The molecule has 0 saturated heterocycles. The van der Waals surface area contributed by atoms with Crippen LogP contribution in [-0.2, 0) is 17.8 Å². The molecule has 4 nitrogen and oxygen atoms in total. The van der Waals surface area contributed by atoms with Crippen molar-refractivity contribution in [3.63, 3.8) is 0 Å². The van der Waals surface area contributed by atoms with Crippen LogP contribution in [0.1, 0.15) is 12.0 Å². The Balaban J connectivity index is 2.28. The number of aromatic nitrogens is 2. The van der Waals surface area contributed by atoms with Crippen molar-refractivity contribution >= 4 is 11.0 Å². The van der Waals surface area contributed by atoms with Gasteiger partial charge in [0, 0.05) is 44.6 Å². The second-order valence-electron chi connectivity index (χ2n) is 4.10. The van der Waals surface area contributed by atoms with Crippen LogP contribution in [0.5, 0.6) is 0 Å². The van der Waals surface area contributed by atoms with Gasteiger partial charge >= 0.3 is 0 Å². The van der Waals surface area contributed by atoms with Gasteiger partial charge in [-0.3, -0.25) is 0 Å². The Hall–Kier alpha value is -1.39. The first kappa shape index (κ1) is 12.1. The average molecular weight is 233 g/mol. The molecule has 0 amide bonds. The van der Waals surface area contributed by atoms with Crippen molar-refractivity contribution in [2.75, 3.05) is 20.8 Å². The summed E-state index contributed by atoms with van der Waals surface area (Å²) < 4.78 is 7.29. The van der Waals surface area contributed by atoms with Crippen LogP contribution in [-0.4, -0.2) is 30.3 Å².